The molecule has 0 amide bonds. The maximum absolute atomic E-state index is 10.7. The fourth-order valence-electron chi connectivity index (χ4n) is 1.26. The Labute approximate surface area is 91.9 Å². The molecule has 0 aliphatic rings. The van der Waals surface area contributed by atoms with E-state index in [-0.39, 0.29) is 5.56 Å². The molecule has 0 fully saturated rings. The normalized spacial score (nSPS) is 10.8. The summed E-state index contributed by atoms with van der Waals surface area (Å²) in [7, 11) is 0. The van der Waals surface area contributed by atoms with Crippen molar-refractivity contribution in [3.63, 3.8) is 0 Å². The number of hydrogen-bond acceptors (Lipinski definition) is 3. The van der Waals surface area contributed by atoms with Crippen molar-refractivity contribution >= 4 is 18.1 Å². The topological polar surface area (TPSA) is 63.3 Å². The van der Waals surface area contributed by atoms with Crippen LogP contribution in [0.25, 0.3) is 12.2 Å². The first-order chi connectivity index (χ1) is 7.75. The molecule has 0 atom stereocenters. The van der Waals surface area contributed by atoms with Gasteiger partial charge in [0.1, 0.15) is 5.76 Å². The Morgan fingerprint density at radius 1 is 1.38 bits per heavy atom. The highest BCUT2D eigenvalue weighted by Gasteiger charge is 2.01. The van der Waals surface area contributed by atoms with E-state index in [9.17, 15) is 4.79 Å². The lowest BCUT2D eigenvalue weighted by Gasteiger charge is -1.95. The minimum atomic E-state index is -0.935. The van der Waals surface area contributed by atoms with Crippen molar-refractivity contribution in [2.24, 2.45) is 0 Å². The summed E-state index contributed by atoms with van der Waals surface area (Å²) in [6, 6.07) is 6.66. The standard InChI is InChI=1S/C12H9NO3/c14-12(15)10-3-1-2-9(6-10)4-5-11-7-13-8-16-11/h1-8H,(H,14,15)/b5-4+. The van der Waals surface area contributed by atoms with Crippen molar-refractivity contribution in [1.29, 1.82) is 0 Å². The molecule has 0 saturated heterocycles. The molecular formula is C12H9NO3. The average molecular weight is 215 g/mol. The van der Waals surface area contributed by atoms with Crippen molar-refractivity contribution in [2.45, 2.75) is 0 Å². The molecule has 0 aliphatic carbocycles. The number of carboxylic acid groups (broad SMARTS) is 1. The number of carboxylic acids is 1. The van der Waals surface area contributed by atoms with Crippen LogP contribution in [0, 0.1) is 0 Å². The Hall–Kier alpha value is -2.36. The number of nitrogens with zero attached hydrogens (tertiary/aromatic N) is 1. The number of oxazole rings is 1. The lowest BCUT2D eigenvalue weighted by molar-refractivity contribution is 0.0697. The van der Waals surface area contributed by atoms with Crippen LogP contribution in [0.4, 0.5) is 0 Å². The molecule has 0 radical (unpaired) electrons. The summed E-state index contributed by atoms with van der Waals surface area (Å²) in [5.41, 5.74) is 1.07. The zero-order chi connectivity index (χ0) is 11.4. The van der Waals surface area contributed by atoms with Gasteiger partial charge in [0, 0.05) is 0 Å². The highest BCUT2D eigenvalue weighted by atomic mass is 16.4. The Bertz CT molecular complexity index is 515. The van der Waals surface area contributed by atoms with Gasteiger partial charge >= 0.3 is 5.97 Å². The first-order valence-corrected chi connectivity index (χ1v) is 4.65. The van der Waals surface area contributed by atoms with Gasteiger partial charge in [0.15, 0.2) is 6.39 Å². The van der Waals surface area contributed by atoms with E-state index in [0.717, 1.165) is 5.56 Å². The molecule has 0 bridgehead atoms. The van der Waals surface area contributed by atoms with Crippen LogP contribution in [0.1, 0.15) is 21.7 Å². The van der Waals surface area contributed by atoms with Crippen molar-refractivity contribution in [2.75, 3.05) is 0 Å². The fraction of sp³-hybridized carbons (Fsp3) is 0. The molecule has 80 valence electrons. The predicted molar refractivity (Wildman–Crippen MR) is 58.8 cm³/mol. The number of hydrogen-bond donors (Lipinski definition) is 1. The van der Waals surface area contributed by atoms with E-state index in [0.29, 0.717) is 5.76 Å². The summed E-state index contributed by atoms with van der Waals surface area (Å²) in [5.74, 6) is -0.310. The first-order valence-electron chi connectivity index (χ1n) is 4.65. The smallest absolute Gasteiger partial charge is 0.335 e. The average Bonchev–Trinajstić information content (AvgIpc) is 2.79. The van der Waals surface area contributed by atoms with Gasteiger partial charge in [-0.1, -0.05) is 18.2 Å². The highest BCUT2D eigenvalue weighted by Crippen LogP contribution is 2.10. The second-order valence-corrected chi connectivity index (χ2v) is 3.17. The molecule has 16 heavy (non-hydrogen) atoms. The van der Waals surface area contributed by atoms with Gasteiger partial charge in [0.25, 0.3) is 0 Å². The molecule has 4 heteroatoms. The van der Waals surface area contributed by atoms with Crippen molar-refractivity contribution in [3.05, 3.63) is 53.7 Å². The van der Waals surface area contributed by atoms with Crippen molar-refractivity contribution < 1.29 is 14.3 Å². The van der Waals surface area contributed by atoms with Gasteiger partial charge in [-0.25, -0.2) is 9.78 Å². The van der Waals surface area contributed by atoms with Gasteiger partial charge in [-0.2, -0.15) is 0 Å². The summed E-state index contributed by atoms with van der Waals surface area (Å²) in [4.78, 5) is 14.5. The molecule has 0 aliphatic heterocycles. The third-order valence-corrected chi connectivity index (χ3v) is 2.03. The predicted octanol–water partition coefficient (Wildman–Crippen LogP) is 2.54. The molecule has 0 unspecified atom stereocenters. The minimum absolute atomic E-state index is 0.264. The van der Waals surface area contributed by atoms with Gasteiger partial charge in [-0.3, -0.25) is 0 Å². The SMILES string of the molecule is O=C(O)c1cccc(/C=C/c2cnco2)c1. The van der Waals surface area contributed by atoms with Crippen LogP contribution < -0.4 is 0 Å². The highest BCUT2D eigenvalue weighted by molar-refractivity contribution is 5.88. The number of rotatable bonds is 3. The number of benzene rings is 1. The zero-order valence-electron chi connectivity index (χ0n) is 8.33. The summed E-state index contributed by atoms with van der Waals surface area (Å²) in [5, 5.41) is 8.81. The first kappa shape index (κ1) is 10.2. The molecule has 1 aromatic heterocycles. The summed E-state index contributed by atoms with van der Waals surface area (Å²) >= 11 is 0. The Kier molecular flexibility index (Phi) is 2.82. The third-order valence-electron chi connectivity index (χ3n) is 2.03. The van der Waals surface area contributed by atoms with E-state index < -0.39 is 5.97 Å². The van der Waals surface area contributed by atoms with Gasteiger partial charge in [-0.15, -0.1) is 0 Å². The maximum Gasteiger partial charge on any atom is 0.335 e. The second kappa shape index (κ2) is 4.44. The lowest BCUT2D eigenvalue weighted by atomic mass is 10.1. The Balaban J connectivity index is 2.22. The quantitative estimate of drug-likeness (QED) is 0.854. The van der Waals surface area contributed by atoms with E-state index >= 15 is 0 Å². The largest absolute Gasteiger partial charge is 0.478 e. The summed E-state index contributed by atoms with van der Waals surface area (Å²) in [6.45, 7) is 0. The molecule has 0 spiro atoms. The van der Waals surface area contributed by atoms with E-state index in [1.807, 2.05) is 6.07 Å². The van der Waals surface area contributed by atoms with Crippen molar-refractivity contribution in [3.8, 4) is 0 Å². The van der Waals surface area contributed by atoms with Crippen LogP contribution in [-0.4, -0.2) is 16.1 Å². The molecule has 1 N–H and O–H groups in total. The van der Waals surface area contributed by atoms with Crippen LogP contribution in [0.3, 0.4) is 0 Å². The molecule has 2 aromatic rings. The number of aromatic carboxylic acids is 1. The Morgan fingerprint density at radius 2 is 2.25 bits per heavy atom. The van der Waals surface area contributed by atoms with E-state index in [1.54, 1.807) is 36.5 Å². The maximum atomic E-state index is 10.7. The number of aromatic nitrogens is 1. The zero-order valence-corrected chi connectivity index (χ0v) is 8.33. The van der Waals surface area contributed by atoms with Crippen LogP contribution >= 0.6 is 0 Å². The van der Waals surface area contributed by atoms with Crippen LogP contribution in [0.5, 0.6) is 0 Å². The Morgan fingerprint density at radius 3 is 2.94 bits per heavy atom. The van der Waals surface area contributed by atoms with Crippen LogP contribution in [-0.2, 0) is 0 Å². The van der Waals surface area contributed by atoms with Gasteiger partial charge in [0.2, 0.25) is 0 Å². The molecule has 4 nitrogen and oxygen atoms in total. The van der Waals surface area contributed by atoms with Gasteiger partial charge in [-0.05, 0) is 23.8 Å². The molecule has 1 aromatic carbocycles. The second-order valence-electron chi connectivity index (χ2n) is 3.17. The van der Waals surface area contributed by atoms with Crippen LogP contribution in [0.2, 0.25) is 0 Å². The number of carbonyl (C=O) groups is 1. The minimum Gasteiger partial charge on any atom is -0.478 e. The van der Waals surface area contributed by atoms with E-state index in [1.165, 1.54) is 6.39 Å². The molecule has 2 rings (SSSR count). The molecule has 1 heterocycles. The van der Waals surface area contributed by atoms with E-state index in [4.69, 9.17) is 9.52 Å². The molecular weight excluding hydrogens is 206 g/mol. The molecule has 0 saturated carbocycles. The fourth-order valence-corrected chi connectivity index (χ4v) is 1.26. The lowest BCUT2D eigenvalue weighted by Crippen LogP contribution is -1.95. The summed E-state index contributed by atoms with van der Waals surface area (Å²) in [6.07, 6.45) is 6.42. The third kappa shape index (κ3) is 2.36. The monoisotopic (exact) mass is 215 g/mol. The van der Waals surface area contributed by atoms with E-state index in [2.05, 4.69) is 4.98 Å². The summed E-state index contributed by atoms with van der Waals surface area (Å²) < 4.78 is 5.02. The van der Waals surface area contributed by atoms with Gasteiger partial charge in [0.05, 0.1) is 11.8 Å². The van der Waals surface area contributed by atoms with Crippen molar-refractivity contribution in [1.82, 2.24) is 4.98 Å². The van der Waals surface area contributed by atoms with Crippen LogP contribution in [0.15, 0.2) is 41.3 Å². The van der Waals surface area contributed by atoms with Gasteiger partial charge < -0.3 is 9.52 Å².